The van der Waals surface area contributed by atoms with Crippen LogP contribution in [0.5, 0.6) is 0 Å². The quantitative estimate of drug-likeness (QED) is 0.713. The summed E-state index contributed by atoms with van der Waals surface area (Å²) in [5, 5.41) is 7.48. The van der Waals surface area contributed by atoms with Gasteiger partial charge in [-0.15, -0.1) is 0 Å². The van der Waals surface area contributed by atoms with Gasteiger partial charge in [-0.2, -0.15) is 0 Å². The van der Waals surface area contributed by atoms with Gasteiger partial charge in [0.1, 0.15) is 0 Å². The number of hydrogen-bond donors (Lipinski definition) is 2. The molecule has 18 heavy (non-hydrogen) atoms. The lowest BCUT2D eigenvalue weighted by Gasteiger charge is -2.46. The van der Waals surface area contributed by atoms with Crippen LogP contribution in [-0.4, -0.2) is 48.7 Å². The molecule has 0 amide bonds. The Morgan fingerprint density at radius 2 is 1.72 bits per heavy atom. The third-order valence-corrected chi connectivity index (χ3v) is 3.88. The van der Waals surface area contributed by atoms with Crippen LogP contribution in [0.2, 0.25) is 0 Å². The molecule has 3 nitrogen and oxygen atoms in total. The van der Waals surface area contributed by atoms with Gasteiger partial charge in [0.25, 0.3) is 0 Å². The fourth-order valence-electron chi connectivity index (χ4n) is 3.28. The summed E-state index contributed by atoms with van der Waals surface area (Å²) in [6.07, 6.45) is 3.69. The molecule has 0 aromatic rings. The van der Waals surface area contributed by atoms with Gasteiger partial charge in [-0.05, 0) is 73.6 Å². The second-order valence-corrected chi connectivity index (χ2v) is 7.20. The fraction of sp³-hybridized carbons (Fsp3) is 1.00. The highest BCUT2D eigenvalue weighted by molar-refractivity contribution is 4.99. The SMILES string of the molecule is CCN(C)CCCNC1CC(C)(C)NC(C)(C)C1. The van der Waals surface area contributed by atoms with Crippen LogP contribution in [0.4, 0.5) is 0 Å². The number of rotatable bonds is 6. The van der Waals surface area contributed by atoms with Crippen LogP contribution in [0, 0.1) is 0 Å². The lowest BCUT2D eigenvalue weighted by atomic mass is 9.79. The maximum Gasteiger partial charge on any atom is 0.0144 e. The summed E-state index contributed by atoms with van der Waals surface area (Å²) in [4.78, 5) is 2.37. The summed E-state index contributed by atoms with van der Waals surface area (Å²) in [6, 6.07) is 0.656. The predicted octanol–water partition coefficient (Wildman–Crippen LogP) is 2.23. The summed E-state index contributed by atoms with van der Waals surface area (Å²) < 4.78 is 0. The minimum atomic E-state index is 0.250. The largest absolute Gasteiger partial charge is 0.314 e. The van der Waals surface area contributed by atoms with Crippen molar-refractivity contribution in [2.45, 2.75) is 71.0 Å². The van der Waals surface area contributed by atoms with E-state index in [2.05, 4.69) is 57.2 Å². The van der Waals surface area contributed by atoms with E-state index in [0.29, 0.717) is 6.04 Å². The maximum atomic E-state index is 3.75. The predicted molar refractivity (Wildman–Crippen MR) is 80.1 cm³/mol. The van der Waals surface area contributed by atoms with E-state index < -0.39 is 0 Å². The van der Waals surface area contributed by atoms with Gasteiger partial charge < -0.3 is 15.5 Å². The average molecular weight is 255 g/mol. The Hall–Kier alpha value is -0.120. The van der Waals surface area contributed by atoms with Crippen LogP contribution in [0.1, 0.15) is 53.9 Å². The molecule has 1 aliphatic rings. The van der Waals surface area contributed by atoms with Gasteiger partial charge in [0, 0.05) is 17.1 Å². The second kappa shape index (κ2) is 6.36. The zero-order valence-electron chi connectivity index (χ0n) is 13.3. The summed E-state index contributed by atoms with van der Waals surface area (Å²) in [6.45, 7) is 14.9. The lowest BCUT2D eigenvalue weighted by Crippen LogP contribution is -2.61. The van der Waals surface area contributed by atoms with Crippen molar-refractivity contribution in [2.24, 2.45) is 0 Å². The van der Waals surface area contributed by atoms with E-state index in [1.807, 2.05) is 0 Å². The van der Waals surface area contributed by atoms with Crippen LogP contribution in [0.15, 0.2) is 0 Å². The Balaban J connectivity index is 2.29. The molecular weight excluding hydrogens is 222 g/mol. The highest BCUT2D eigenvalue weighted by Gasteiger charge is 2.37. The molecule has 1 aliphatic heterocycles. The number of hydrogen-bond acceptors (Lipinski definition) is 3. The van der Waals surface area contributed by atoms with Crippen molar-refractivity contribution in [1.82, 2.24) is 15.5 Å². The van der Waals surface area contributed by atoms with Gasteiger partial charge >= 0.3 is 0 Å². The monoisotopic (exact) mass is 255 g/mol. The first kappa shape index (κ1) is 15.9. The first-order valence-corrected chi connectivity index (χ1v) is 7.45. The second-order valence-electron chi connectivity index (χ2n) is 7.20. The Morgan fingerprint density at radius 1 is 1.17 bits per heavy atom. The van der Waals surface area contributed by atoms with Gasteiger partial charge in [-0.25, -0.2) is 0 Å². The molecule has 0 radical (unpaired) electrons. The Bertz CT molecular complexity index is 232. The topological polar surface area (TPSA) is 27.3 Å². The summed E-state index contributed by atoms with van der Waals surface area (Å²) in [5.74, 6) is 0. The van der Waals surface area contributed by atoms with E-state index >= 15 is 0 Å². The van der Waals surface area contributed by atoms with E-state index in [1.54, 1.807) is 0 Å². The van der Waals surface area contributed by atoms with E-state index in [1.165, 1.54) is 25.8 Å². The molecule has 0 spiro atoms. The van der Waals surface area contributed by atoms with Crippen molar-refractivity contribution in [3.05, 3.63) is 0 Å². The smallest absolute Gasteiger partial charge is 0.0144 e. The lowest BCUT2D eigenvalue weighted by molar-refractivity contribution is 0.145. The van der Waals surface area contributed by atoms with Crippen LogP contribution in [-0.2, 0) is 0 Å². The molecule has 0 aromatic heterocycles. The average Bonchev–Trinajstić information content (AvgIpc) is 2.19. The van der Waals surface area contributed by atoms with Crippen molar-refractivity contribution in [3.8, 4) is 0 Å². The fourth-order valence-corrected chi connectivity index (χ4v) is 3.28. The van der Waals surface area contributed by atoms with E-state index in [-0.39, 0.29) is 11.1 Å². The molecule has 0 unspecified atom stereocenters. The molecular formula is C15H33N3. The van der Waals surface area contributed by atoms with Crippen molar-refractivity contribution >= 4 is 0 Å². The molecule has 1 rings (SSSR count). The summed E-state index contributed by atoms with van der Waals surface area (Å²) >= 11 is 0. The molecule has 0 saturated carbocycles. The zero-order chi connectivity index (χ0) is 13.8. The molecule has 1 fully saturated rings. The number of nitrogens with one attached hydrogen (secondary N) is 2. The van der Waals surface area contributed by atoms with Crippen molar-refractivity contribution < 1.29 is 0 Å². The first-order chi connectivity index (χ1) is 8.24. The van der Waals surface area contributed by atoms with Crippen LogP contribution in [0.3, 0.4) is 0 Å². The van der Waals surface area contributed by atoms with E-state index in [4.69, 9.17) is 0 Å². The van der Waals surface area contributed by atoms with Gasteiger partial charge in [0.2, 0.25) is 0 Å². The van der Waals surface area contributed by atoms with Gasteiger partial charge in [0.05, 0.1) is 0 Å². The maximum absolute atomic E-state index is 3.75. The van der Waals surface area contributed by atoms with Crippen LogP contribution < -0.4 is 10.6 Å². The molecule has 1 heterocycles. The number of nitrogens with zero attached hydrogens (tertiary/aromatic N) is 1. The van der Waals surface area contributed by atoms with Crippen LogP contribution in [0.25, 0.3) is 0 Å². The number of piperidine rings is 1. The molecule has 1 saturated heterocycles. The molecule has 2 N–H and O–H groups in total. The Morgan fingerprint density at radius 3 is 2.22 bits per heavy atom. The van der Waals surface area contributed by atoms with Gasteiger partial charge in [-0.1, -0.05) is 6.92 Å². The molecule has 3 heteroatoms. The third kappa shape index (κ3) is 5.68. The van der Waals surface area contributed by atoms with Crippen molar-refractivity contribution in [1.29, 1.82) is 0 Å². The highest BCUT2D eigenvalue weighted by Crippen LogP contribution is 2.28. The molecule has 0 aromatic carbocycles. The first-order valence-electron chi connectivity index (χ1n) is 7.45. The summed E-state index contributed by atoms with van der Waals surface area (Å²) in [5.41, 5.74) is 0.499. The Labute approximate surface area is 114 Å². The minimum Gasteiger partial charge on any atom is -0.314 e. The molecule has 108 valence electrons. The molecule has 0 aliphatic carbocycles. The zero-order valence-corrected chi connectivity index (χ0v) is 13.3. The highest BCUT2D eigenvalue weighted by atomic mass is 15.1. The third-order valence-electron chi connectivity index (χ3n) is 3.88. The van der Waals surface area contributed by atoms with E-state index in [9.17, 15) is 0 Å². The standard InChI is InChI=1S/C15H33N3/c1-7-18(6)10-8-9-16-13-11-14(2,3)17-15(4,5)12-13/h13,16-17H,7-12H2,1-6H3. The molecule has 0 bridgehead atoms. The summed E-state index contributed by atoms with van der Waals surface area (Å²) in [7, 11) is 2.19. The normalized spacial score (nSPS) is 23.5. The van der Waals surface area contributed by atoms with Crippen molar-refractivity contribution in [2.75, 3.05) is 26.7 Å². The molecule has 0 atom stereocenters. The van der Waals surface area contributed by atoms with Gasteiger partial charge in [0.15, 0.2) is 0 Å². The van der Waals surface area contributed by atoms with E-state index in [0.717, 1.165) is 13.1 Å². The minimum absolute atomic E-state index is 0.250. The Kier molecular flexibility index (Phi) is 5.63. The van der Waals surface area contributed by atoms with Gasteiger partial charge in [-0.3, -0.25) is 0 Å². The van der Waals surface area contributed by atoms with Crippen LogP contribution >= 0.6 is 0 Å². The van der Waals surface area contributed by atoms with Crippen molar-refractivity contribution in [3.63, 3.8) is 0 Å².